The minimum atomic E-state index is -4.45. The van der Waals surface area contributed by atoms with E-state index in [1.54, 1.807) is 0 Å². The molecular formula is C14H12F3NO. The van der Waals surface area contributed by atoms with Gasteiger partial charge in [0, 0.05) is 11.6 Å². The number of nitrogens with one attached hydrogen (secondary N) is 1. The predicted molar refractivity (Wildman–Crippen MR) is 65.2 cm³/mol. The summed E-state index contributed by atoms with van der Waals surface area (Å²) in [5.41, 5.74) is -0.420. The second kappa shape index (κ2) is 4.64. The highest BCUT2D eigenvalue weighted by atomic mass is 19.4. The van der Waals surface area contributed by atoms with E-state index in [1.807, 2.05) is 0 Å². The molecule has 2 nitrogen and oxygen atoms in total. The van der Waals surface area contributed by atoms with Gasteiger partial charge >= 0.3 is 6.18 Å². The number of hydrogen-bond acceptors (Lipinski definition) is 2. The summed E-state index contributed by atoms with van der Waals surface area (Å²) in [6.07, 6.45) is -2.76. The van der Waals surface area contributed by atoms with E-state index in [4.69, 9.17) is 5.41 Å². The number of Topliss-reactive ketones (excluding diaryl/α,β-unsaturated/α-hetero) is 1. The second-order valence-corrected chi connectivity index (χ2v) is 4.53. The third-order valence-electron chi connectivity index (χ3n) is 3.27. The van der Waals surface area contributed by atoms with Gasteiger partial charge in [0.1, 0.15) is 0 Å². The van der Waals surface area contributed by atoms with Crippen LogP contribution in [-0.2, 0) is 11.0 Å². The van der Waals surface area contributed by atoms with Gasteiger partial charge in [-0.25, -0.2) is 0 Å². The minimum absolute atomic E-state index is 0.147. The molecule has 0 aliphatic heterocycles. The average Bonchev–Trinajstić information content (AvgIpc) is 2.63. The Labute approximate surface area is 108 Å². The third kappa shape index (κ3) is 2.45. The van der Waals surface area contributed by atoms with E-state index < -0.39 is 23.6 Å². The first-order chi connectivity index (χ1) is 8.84. The molecule has 1 aliphatic carbocycles. The maximum Gasteiger partial charge on any atom is 0.416 e. The molecule has 2 atom stereocenters. The standard InChI is InChI=1S/C14H12F3NO/c1-2-8-7-11(18)12(13(8)19)9-4-3-5-10(6-9)14(15,16)17/h2-6,8,12,18H,1,7H2. The third-order valence-corrected chi connectivity index (χ3v) is 3.27. The number of rotatable bonds is 2. The van der Waals surface area contributed by atoms with Crippen molar-refractivity contribution in [2.75, 3.05) is 0 Å². The summed E-state index contributed by atoms with van der Waals surface area (Å²) in [6, 6.07) is 4.62. The molecule has 100 valence electrons. The molecule has 19 heavy (non-hydrogen) atoms. The van der Waals surface area contributed by atoms with Crippen LogP contribution in [-0.4, -0.2) is 11.5 Å². The van der Waals surface area contributed by atoms with E-state index in [9.17, 15) is 18.0 Å². The minimum Gasteiger partial charge on any atom is -0.309 e. The number of ketones is 1. The monoisotopic (exact) mass is 267 g/mol. The van der Waals surface area contributed by atoms with Crippen molar-refractivity contribution in [3.05, 3.63) is 48.0 Å². The first-order valence-corrected chi connectivity index (χ1v) is 5.75. The molecule has 5 heteroatoms. The number of allylic oxidation sites excluding steroid dienone is 1. The molecule has 1 saturated carbocycles. The highest BCUT2D eigenvalue weighted by molar-refractivity contribution is 6.16. The number of benzene rings is 1. The number of carbonyl (C=O) groups excluding carboxylic acids is 1. The molecule has 1 aliphatic rings. The predicted octanol–water partition coefficient (Wildman–Crippen LogP) is 3.58. The zero-order valence-electron chi connectivity index (χ0n) is 10.00. The summed E-state index contributed by atoms with van der Waals surface area (Å²) in [5.74, 6) is -1.59. The average molecular weight is 267 g/mol. The zero-order chi connectivity index (χ0) is 14.2. The quantitative estimate of drug-likeness (QED) is 0.817. The Morgan fingerprint density at radius 1 is 1.37 bits per heavy atom. The van der Waals surface area contributed by atoms with Gasteiger partial charge in [-0.1, -0.05) is 24.3 Å². The number of carbonyl (C=O) groups is 1. The fourth-order valence-corrected chi connectivity index (χ4v) is 2.30. The van der Waals surface area contributed by atoms with Crippen molar-refractivity contribution in [2.24, 2.45) is 5.92 Å². The van der Waals surface area contributed by atoms with Gasteiger partial charge in [0.15, 0.2) is 5.78 Å². The number of alkyl halides is 3. The summed E-state index contributed by atoms with van der Waals surface area (Å²) in [6.45, 7) is 3.51. The first-order valence-electron chi connectivity index (χ1n) is 5.75. The van der Waals surface area contributed by atoms with E-state index in [2.05, 4.69) is 6.58 Å². The normalized spacial score (nSPS) is 23.7. The molecule has 1 fully saturated rings. The molecular weight excluding hydrogens is 255 g/mol. The van der Waals surface area contributed by atoms with Crippen molar-refractivity contribution >= 4 is 11.5 Å². The van der Waals surface area contributed by atoms with E-state index in [0.29, 0.717) is 0 Å². The zero-order valence-corrected chi connectivity index (χ0v) is 10.00. The van der Waals surface area contributed by atoms with Gasteiger partial charge in [0.2, 0.25) is 0 Å². The Balaban J connectivity index is 2.40. The lowest BCUT2D eigenvalue weighted by Gasteiger charge is -2.13. The van der Waals surface area contributed by atoms with Crippen LogP contribution in [0.4, 0.5) is 13.2 Å². The molecule has 0 radical (unpaired) electrons. The Morgan fingerprint density at radius 2 is 2.05 bits per heavy atom. The number of hydrogen-bond donors (Lipinski definition) is 1. The molecule has 0 saturated heterocycles. The Hall–Kier alpha value is -1.91. The highest BCUT2D eigenvalue weighted by Crippen LogP contribution is 2.36. The van der Waals surface area contributed by atoms with Gasteiger partial charge in [0.05, 0.1) is 11.5 Å². The first kappa shape index (κ1) is 13.5. The SMILES string of the molecule is C=CC1CC(=N)C(c2cccc(C(F)(F)F)c2)C1=O. The molecule has 2 unspecified atom stereocenters. The van der Waals surface area contributed by atoms with Crippen LogP contribution < -0.4 is 0 Å². The van der Waals surface area contributed by atoms with Crippen LogP contribution in [0.5, 0.6) is 0 Å². The topological polar surface area (TPSA) is 40.9 Å². The molecule has 0 spiro atoms. The van der Waals surface area contributed by atoms with Gasteiger partial charge in [0.25, 0.3) is 0 Å². The van der Waals surface area contributed by atoms with Crippen molar-refractivity contribution < 1.29 is 18.0 Å². The lowest BCUT2D eigenvalue weighted by molar-refractivity contribution is -0.137. The van der Waals surface area contributed by atoms with Gasteiger partial charge in [-0.3, -0.25) is 4.79 Å². The molecule has 1 N–H and O–H groups in total. The fourth-order valence-electron chi connectivity index (χ4n) is 2.30. The van der Waals surface area contributed by atoms with Gasteiger partial charge in [-0.15, -0.1) is 6.58 Å². The highest BCUT2D eigenvalue weighted by Gasteiger charge is 2.39. The van der Waals surface area contributed by atoms with Gasteiger partial charge < -0.3 is 5.41 Å². The maximum absolute atomic E-state index is 12.6. The Bertz CT molecular complexity index is 548. The van der Waals surface area contributed by atoms with Crippen LogP contribution in [0.1, 0.15) is 23.5 Å². The van der Waals surface area contributed by atoms with Crippen LogP contribution in [0.15, 0.2) is 36.9 Å². The van der Waals surface area contributed by atoms with Crippen molar-refractivity contribution in [2.45, 2.75) is 18.5 Å². The van der Waals surface area contributed by atoms with Crippen molar-refractivity contribution in [1.29, 1.82) is 5.41 Å². The summed E-state index contributed by atoms with van der Waals surface area (Å²) >= 11 is 0. The van der Waals surface area contributed by atoms with E-state index in [-0.39, 0.29) is 23.5 Å². The van der Waals surface area contributed by atoms with Crippen LogP contribution in [0, 0.1) is 11.3 Å². The molecule has 1 aromatic rings. The van der Waals surface area contributed by atoms with Crippen LogP contribution in [0.2, 0.25) is 0 Å². The molecule has 0 heterocycles. The summed E-state index contributed by atoms with van der Waals surface area (Å²) in [4.78, 5) is 12.0. The van der Waals surface area contributed by atoms with E-state index in [0.717, 1.165) is 12.1 Å². The largest absolute Gasteiger partial charge is 0.416 e. The van der Waals surface area contributed by atoms with Crippen molar-refractivity contribution in [3.8, 4) is 0 Å². The molecule has 2 rings (SSSR count). The fraction of sp³-hybridized carbons (Fsp3) is 0.286. The lowest BCUT2D eigenvalue weighted by Crippen LogP contribution is -2.15. The summed E-state index contributed by atoms with van der Waals surface area (Å²) in [7, 11) is 0. The summed E-state index contributed by atoms with van der Waals surface area (Å²) in [5, 5.41) is 7.78. The van der Waals surface area contributed by atoms with Crippen molar-refractivity contribution in [1.82, 2.24) is 0 Å². The van der Waals surface area contributed by atoms with Crippen LogP contribution >= 0.6 is 0 Å². The van der Waals surface area contributed by atoms with Crippen LogP contribution in [0.3, 0.4) is 0 Å². The molecule has 0 amide bonds. The molecule has 0 aromatic heterocycles. The molecule has 1 aromatic carbocycles. The Morgan fingerprint density at radius 3 is 2.58 bits per heavy atom. The summed E-state index contributed by atoms with van der Waals surface area (Å²) < 4.78 is 37.9. The van der Waals surface area contributed by atoms with Crippen LogP contribution in [0.25, 0.3) is 0 Å². The smallest absolute Gasteiger partial charge is 0.309 e. The molecule has 0 bridgehead atoms. The maximum atomic E-state index is 12.6. The van der Waals surface area contributed by atoms with Crippen molar-refractivity contribution in [3.63, 3.8) is 0 Å². The van der Waals surface area contributed by atoms with Gasteiger partial charge in [-0.05, 0) is 18.1 Å². The number of halogens is 3. The lowest BCUT2D eigenvalue weighted by atomic mass is 9.93. The second-order valence-electron chi connectivity index (χ2n) is 4.53. The van der Waals surface area contributed by atoms with E-state index in [1.165, 1.54) is 18.2 Å². The van der Waals surface area contributed by atoms with Gasteiger partial charge in [-0.2, -0.15) is 13.2 Å². The van der Waals surface area contributed by atoms with E-state index >= 15 is 0 Å². The Kier molecular flexibility index (Phi) is 3.30.